The van der Waals surface area contributed by atoms with Crippen LogP contribution in [0.2, 0.25) is 0 Å². The molecule has 0 aliphatic heterocycles. The Morgan fingerprint density at radius 2 is 0.700 bits per heavy atom. The minimum atomic E-state index is 0. The monoisotopic (exact) mass is 150 g/mol. The van der Waals surface area contributed by atoms with Gasteiger partial charge in [-0.15, -0.1) is 0 Å². The van der Waals surface area contributed by atoms with E-state index in [0.29, 0.717) is 0 Å². The third kappa shape index (κ3) is 59300. The lowest BCUT2D eigenvalue weighted by molar-refractivity contribution is 0.579. The maximum absolute atomic E-state index is 5.35. The van der Waals surface area contributed by atoms with Crippen molar-refractivity contribution < 1.29 is 5.71 Å². The van der Waals surface area contributed by atoms with Crippen molar-refractivity contribution in [2.24, 2.45) is 11.5 Å². The number of hydrogen-bond acceptors (Lipinski definition) is 2. The van der Waals surface area contributed by atoms with Gasteiger partial charge in [0.2, 0.25) is 0 Å². The highest BCUT2D eigenvalue weighted by Gasteiger charge is 1.95. The molecule has 10 heavy (non-hydrogen) atoms. The molecule has 0 rings (SSSR count). The predicted molar refractivity (Wildman–Crippen MR) is 52.3 cm³/mol. The first-order valence-electron chi connectivity index (χ1n) is 3.58. The van der Waals surface area contributed by atoms with Crippen molar-refractivity contribution in [1.82, 2.24) is 0 Å². The molecule has 2 heteroatoms. The van der Waals surface area contributed by atoms with Gasteiger partial charge >= 0.3 is 5.71 Å². The first-order valence-corrected chi connectivity index (χ1v) is 3.58. The minimum Gasteiger partial charge on any atom is -0.326 e. The molecule has 0 saturated carbocycles. The van der Waals surface area contributed by atoms with Gasteiger partial charge in [-0.05, 0) is 41.5 Å². The van der Waals surface area contributed by atoms with Gasteiger partial charge in [0.05, 0.1) is 0 Å². The molecular formula is C8H26N2+4. The predicted octanol–water partition coefficient (Wildman–Crippen LogP) is 1.94. The van der Waals surface area contributed by atoms with Crippen LogP contribution in [0.5, 0.6) is 0 Å². The van der Waals surface area contributed by atoms with Crippen LogP contribution in [-0.2, 0) is 0 Å². The number of nitrogens with two attached hydrogens (primary N) is 2. The lowest BCUT2D eigenvalue weighted by Crippen LogP contribution is -2.26. The van der Waals surface area contributed by atoms with Gasteiger partial charge in [-0.1, -0.05) is 0 Å². The quantitative estimate of drug-likeness (QED) is 0.554. The van der Waals surface area contributed by atoms with Crippen LogP contribution in [0.15, 0.2) is 0 Å². The molecule has 64 valence electrons. The van der Waals surface area contributed by atoms with E-state index in [-0.39, 0.29) is 16.8 Å². The van der Waals surface area contributed by atoms with E-state index in [0.717, 1.165) is 0 Å². The Labute approximate surface area is 70.9 Å². The molecule has 0 amide bonds. The molecule has 0 atom stereocenters. The van der Waals surface area contributed by atoms with Crippen LogP contribution in [0.1, 0.15) is 47.2 Å². The SMILES string of the molecule is CC(C)(C)N.CC(C)(C)N.[H+].[H+].[H+].[H+]. The van der Waals surface area contributed by atoms with Crippen LogP contribution in [0.3, 0.4) is 0 Å². The minimum absolute atomic E-state index is 0. The van der Waals surface area contributed by atoms with Crippen molar-refractivity contribution in [2.75, 3.05) is 0 Å². The van der Waals surface area contributed by atoms with E-state index in [2.05, 4.69) is 0 Å². The zero-order valence-corrected chi connectivity index (χ0v) is 8.15. The molecule has 0 aromatic rings. The van der Waals surface area contributed by atoms with Crippen LogP contribution in [-0.4, -0.2) is 11.1 Å². The van der Waals surface area contributed by atoms with E-state index < -0.39 is 0 Å². The van der Waals surface area contributed by atoms with Crippen LogP contribution in [0.25, 0.3) is 0 Å². The second-order valence-electron chi connectivity index (χ2n) is 4.73. The van der Waals surface area contributed by atoms with Crippen LogP contribution in [0, 0.1) is 0 Å². The first-order chi connectivity index (χ1) is 4.00. The van der Waals surface area contributed by atoms with E-state index in [1.165, 1.54) is 0 Å². The molecule has 0 fully saturated rings. The third-order valence-electron chi connectivity index (χ3n) is 0. The van der Waals surface area contributed by atoms with Gasteiger partial charge in [-0.25, -0.2) is 0 Å². The normalized spacial score (nSPS) is 12.0. The van der Waals surface area contributed by atoms with Crippen LogP contribution < -0.4 is 11.5 Å². The van der Waals surface area contributed by atoms with Gasteiger partial charge in [0.1, 0.15) is 0 Å². The Kier molecular flexibility index (Phi) is 4.96. The van der Waals surface area contributed by atoms with Gasteiger partial charge in [0.25, 0.3) is 0 Å². The summed E-state index contributed by atoms with van der Waals surface area (Å²) >= 11 is 0. The number of hydrogen-bond donors (Lipinski definition) is 2. The summed E-state index contributed by atoms with van der Waals surface area (Å²) in [6, 6.07) is 0. The largest absolute Gasteiger partial charge is 1.00 e. The summed E-state index contributed by atoms with van der Waals surface area (Å²) in [4.78, 5) is 0. The van der Waals surface area contributed by atoms with E-state index in [1.807, 2.05) is 41.5 Å². The third-order valence-corrected chi connectivity index (χ3v) is 0. The van der Waals surface area contributed by atoms with Crippen LogP contribution >= 0.6 is 0 Å². The molecule has 0 spiro atoms. The molecule has 0 aliphatic rings. The van der Waals surface area contributed by atoms with Gasteiger partial charge in [-0.3, -0.25) is 0 Å². The second kappa shape index (κ2) is 3.94. The van der Waals surface area contributed by atoms with Crippen molar-refractivity contribution in [1.29, 1.82) is 0 Å². The highest BCUT2D eigenvalue weighted by atomic mass is 14.7. The summed E-state index contributed by atoms with van der Waals surface area (Å²) in [6.07, 6.45) is 0. The van der Waals surface area contributed by atoms with E-state index >= 15 is 0 Å². The molecular weight excluding hydrogens is 124 g/mol. The maximum Gasteiger partial charge on any atom is 1.00 e. The summed E-state index contributed by atoms with van der Waals surface area (Å²) in [5.41, 5.74) is 10.7. The van der Waals surface area contributed by atoms with Gasteiger partial charge in [0.15, 0.2) is 0 Å². The molecule has 0 heterocycles. The maximum atomic E-state index is 5.35. The van der Waals surface area contributed by atoms with E-state index in [9.17, 15) is 0 Å². The fourth-order valence-corrected chi connectivity index (χ4v) is 0. The van der Waals surface area contributed by atoms with Crippen molar-refractivity contribution in [2.45, 2.75) is 52.6 Å². The zero-order valence-electron chi connectivity index (χ0n) is 12.2. The highest BCUT2D eigenvalue weighted by molar-refractivity contribution is 4.60. The Morgan fingerprint density at radius 3 is 0.700 bits per heavy atom. The average molecular weight is 150 g/mol. The summed E-state index contributed by atoms with van der Waals surface area (Å²) in [5.74, 6) is 0. The van der Waals surface area contributed by atoms with Crippen LogP contribution in [0.4, 0.5) is 0 Å². The second-order valence-corrected chi connectivity index (χ2v) is 4.73. The first kappa shape index (κ1) is 12.6. The molecule has 0 aromatic heterocycles. The van der Waals surface area contributed by atoms with Crippen molar-refractivity contribution in [3.63, 3.8) is 0 Å². The molecule has 0 aliphatic carbocycles. The summed E-state index contributed by atoms with van der Waals surface area (Å²) < 4.78 is 0. The molecule has 0 bridgehead atoms. The number of rotatable bonds is 0. The van der Waals surface area contributed by atoms with Crippen molar-refractivity contribution >= 4 is 0 Å². The molecule has 0 unspecified atom stereocenters. The van der Waals surface area contributed by atoms with E-state index in [4.69, 9.17) is 11.5 Å². The molecule has 4 N–H and O–H groups in total. The Balaban J connectivity index is -0.0000000178. The average Bonchev–Trinajstić information content (AvgIpc) is 1.12. The molecule has 0 saturated heterocycles. The fraction of sp³-hybridized carbons (Fsp3) is 1.00. The van der Waals surface area contributed by atoms with Crippen molar-refractivity contribution in [3.8, 4) is 0 Å². The fourth-order valence-electron chi connectivity index (χ4n) is 0. The van der Waals surface area contributed by atoms with Gasteiger partial charge < -0.3 is 11.5 Å². The highest BCUT2D eigenvalue weighted by Crippen LogP contribution is 1.88. The Hall–Kier alpha value is -0.0800. The van der Waals surface area contributed by atoms with Gasteiger partial charge in [-0.2, -0.15) is 0 Å². The lowest BCUT2D eigenvalue weighted by atomic mass is 10.1. The van der Waals surface area contributed by atoms with Gasteiger partial charge in [0, 0.05) is 11.1 Å². The topological polar surface area (TPSA) is 52.0 Å². The molecule has 0 radical (unpaired) electrons. The Bertz CT molecular complexity index is 62.3. The van der Waals surface area contributed by atoms with E-state index in [1.54, 1.807) is 0 Å². The summed E-state index contributed by atoms with van der Waals surface area (Å²) in [5, 5.41) is 0. The molecule has 2 nitrogen and oxygen atoms in total. The zero-order chi connectivity index (χ0) is 9.00. The lowest BCUT2D eigenvalue weighted by Gasteiger charge is -2.06. The van der Waals surface area contributed by atoms with Crippen molar-refractivity contribution in [3.05, 3.63) is 0 Å². The molecule has 0 aromatic carbocycles. The Morgan fingerprint density at radius 1 is 0.700 bits per heavy atom. The summed E-state index contributed by atoms with van der Waals surface area (Å²) in [6.45, 7) is 11.8. The smallest absolute Gasteiger partial charge is 0.326 e. The summed E-state index contributed by atoms with van der Waals surface area (Å²) in [7, 11) is 0. The standard InChI is InChI=1S/2C4H11N/c2*1-4(2,3)5/h2*5H2,1-3H3/p+4.